The molecule has 5 rings (SSSR count). The van der Waals surface area contributed by atoms with E-state index in [9.17, 15) is 25.2 Å². The van der Waals surface area contributed by atoms with Crippen LogP contribution in [0.4, 0.5) is 0 Å². The summed E-state index contributed by atoms with van der Waals surface area (Å²) in [5.41, 5.74) is -0.627. The largest absolute Gasteiger partial charge is 0.460 e. The van der Waals surface area contributed by atoms with Crippen LogP contribution < -0.4 is 19.8 Å². The zero-order valence-electron chi connectivity index (χ0n) is 15.7. The first-order valence-corrected chi connectivity index (χ1v) is 9.73. The molecule has 2 aliphatic heterocycles. The van der Waals surface area contributed by atoms with Crippen molar-refractivity contribution in [1.29, 1.82) is 0 Å². The molecule has 1 aromatic heterocycles. The average molecular weight is 453 g/mol. The number of halogens is 1. The Labute approximate surface area is 178 Å². The minimum atomic E-state index is -1.62. The number of hydrogen-bond donors (Lipinski definition) is 4. The Morgan fingerprint density at radius 1 is 1.03 bits per heavy atom. The van der Waals surface area contributed by atoms with Crippen LogP contribution in [0.5, 0.6) is 17.2 Å². The van der Waals surface area contributed by atoms with Crippen molar-refractivity contribution in [1.82, 2.24) is 0 Å². The first kappa shape index (κ1) is 20.3. The van der Waals surface area contributed by atoms with E-state index in [1.807, 2.05) is 0 Å². The van der Waals surface area contributed by atoms with E-state index < -0.39 is 42.9 Å². The Bertz CT molecular complexity index is 1220. The lowest BCUT2D eigenvalue weighted by molar-refractivity contribution is -0.277. The molecular formula is C20H17ClO10. The van der Waals surface area contributed by atoms with Crippen LogP contribution >= 0.6 is 11.6 Å². The van der Waals surface area contributed by atoms with Crippen LogP contribution in [-0.4, -0.2) is 64.5 Å². The lowest BCUT2D eigenvalue weighted by Crippen LogP contribution is -2.60. The Balaban J connectivity index is 1.60. The van der Waals surface area contributed by atoms with Crippen molar-refractivity contribution in [2.24, 2.45) is 0 Å². The van der Waals surface area contributed by atoms with Crippen molar-refractivity contribution in [2.75, 3.05) is 13.4 Å². The van der Waals surface area contributed by atoms with Gasteiger partial charge in [-0.2, -0.15) is 0 Å². The first-order valence-electron chi connectivity index (χ1n) is 9.35. The van der Waals surface area contributed by atoms with Gasteiger partial charge in [-0.15, -0.1) is 0 Å². The van der Waals surface area contributed by atoms with Crippen molar-refractivity contribution in [3.63, 3.8) is 0 Å². The molecule has 5 atom stereocenters. The SMILES string of the molecule is O=c1oc2c(Cl)c(O[C@@H]3O[C@H](CO)[C@@H](O)[C@H](O)[C@H]3O)ccc2c2c3c(ccc12)OCO3. The third-order valence-corrected chi connectivity index (χ3v) is 5.73. The van der Waals surface area contributed by atoms with E-state index in [2.05, 4.69) is 0 Å². The lowest BCUT2D eigenvalue weighted by Gasteiger charge is -2.39. The van der Waals surface area contributed by atoms with E-state index in [0.29, 0.717) is 22.3 Å². The predicted molar refractivity (Wildman–Crippen MR) is 106 cm³/mol. The molecule has 1 fully saturated rings. The van der Waals surface area contributed by atoms with Crippen molar-refractivity contribution in [3.8, 4) is 17.2 Å². The van der Waals surface area contributed by atoms with E-state index in [1.54, 1.807) is 18.2 Å². The molecule has 0 bridgehead atoms. The smallest absolute Gasteiger partial charge is 0.344 e. The summed E-state index contributed by atoms with van der Waals surface area (Å²) in [6, 6.07) is 6.25. The van der Waals surface area contributed by atoms with E-state index >= 15 is 0 Å². The van der Waals surface area contributed by atoms with Crippen LogP contribution in [0.1, 0.15) is 0 Å². The van der Waals surface area contributed by atoms with Gasteiger partial charge >= 0.3 is 5.63 Å². The van der Waals surface area contributed by atoms with E-state index in [-0.39, 0.29) is 28.5 Å². The number of ether oxygens (including phenoxy) is 4. The summed E-state index contributed by atoms with van der Waals surface area (Å²) < 4.78 is 27.2. The van der Waals surface area contributed by atoms with E-state index in [1.165, 1.54) is 6.07 Å². The highest BCUT2D eigenvalue weighted by atomic mass is 35.5. The standard InChI is InChI=1S/C20H17ClO10/c21-13-9(29-20-16(25)15(24)14(23)11(5-22)30-20)3-1-7-12-8(19(26)31-17(7)13)2-4-10-18(12)28-6-27-10/h1-4,11,14-16,20,22-25H,5-6H2/t11-,14-,15+,16-,20-/m1/s1. The fraction of sp³-hybridized carbons (Fsp3) is 0.350. The average Bonchev–Trinajstić information content (AvgIpc) is 3.25. The van der Waals surface area contributed by atoms with E-state index in [0.717, 1.165) is 0 Å². The molecule has 0 unspecified atom stereocenters. The summed E-state index contributed by atoms with van der Waals surface area (Å²) >= 11 is 6.44. The number of rotatable bonds is 3. The van der Waals surface area contributed by atoms with Crippen LogP contribution in [0.3, 0.4) is 0 Å². The minimum absolute atomic E-state index is 0.00857. The van der Waals surface area contributed by atoms with Crippen LogP contribution in [0.15, 0.2) is 33.5 Å². The molecule has 4 N–H and O–H groups in total. The molecule has 0 saturated carbocycles. The maximum atomic E-state index is 12.5. The van der Waals surface area contributed by atoms with Gasteiger partial charge in [0.25, 0.3) is 0 Å². The van der Waals surface area contributed by atoms with Crippen LogP contribution in [-0.2, 0) is 4.74 Å². The van der Waals surface area contributed by atoms with E-state index in [4.69, 9.17) is 35.0 Å². The zero-order chi connectivity index (χ0) is 21.9. The highest BCUT2D eigenvalue weighted by molar-refractivity contribution is 6.37. The van der Waals surface area contributed by atoms with Gasteiger partial charge in [-0.25, -0.2) is 4.79 Å². The Hall–Kier alpha value is -2.60. The maximum Gasteiger partial charge on any atom is 0.344 e. The maximum absolute atomic E-state index is 12.5. The zero-order valence-corrected chi connectivity index (χ0v) is 16.5. The molecule has 3 heterocycles. The monoisotopic (exact) mass is 452 g/mol. The van der Waals surface area contributed by atoms with Gasteiger partial charge in [-0.1, -0.05) is 11.6 Å². The Morgan fingerprint density at radius 2 is 1.81 bits per heavy atom. The van der Waals surface area contributed by atoms with Crippen molar-refractivity contribution >= 4 is 33.3 Å². The molecule has 0 aliphatic carbocycles. The number of aliphatic hydroxyl groups is 4. The topological polar surface area (TPSA) is 148 Å². The molecule has 11 heteroatoms. The van der Waals surface area contributed by atoms with Gasteiger partial charge in [0.15, 0.2) is 17.1 Å². The number of benzene rings is 2. The molecule has 0 spiro atoms. The highest BCUT2D eigenvalue weighted by Crippen LogP contribution is 2.44. The Morgan fingerprint density at radius 3 is 2.58 bits per heavy atom. The van der Waals surface area contributed by atoms with Crippen LogP contribution in [0.25, 0.3) is 21.7 Å². The fourth-order valence-corrected chi connectivity index (χ4v) is 4.02. The minimum Gasteiger partial charge on any atom is -0.460 e. The predicted octanol–water partition coefficient (Wildman–Crippen LogP) is 0.507. The van der Waals surface area contributed by atoms with Gasteiger partial charge in [0.05, 0.1) is 12.0 Å². The summed E-state index contributed by atoms with van der Waals surface area (Å²) in [4.78, 5) is 12.5. The molecule has 2 aliphatic rings. The van der Waals surface area contributed by atoms with Crippen molar-refractivity contribution in [3.05, 3.63) is 39.7 Å². The second kappa shape index (κ2) is 7.52. The number of fused-ring (bicyclic) bond motifs is 5. The molecule has 164 valence electrons. The molecule has 1 saturated heterocycles. The van der Waals surface area contributed by atoms with Gasteiger partial charge in [0.1, 0.15) is 35.2 Å². The van der Waals surface area contributed by atoms with Gasteiger partial charge in [0, 0.05) is 10.8 Å². The van der Waals surface area contributed by atoms with Crippen LogP contribution in [0, 0.1) is 0 Å². The first-order chi connectivity index (χ1) is 14.9. The summed E-state index contributed by atoms with van der Waals surface area (Å²) in [5, 5.41) is 40.5. The summed E-state index contributed by atoms with van der Waals surface area (Å²) in [6.45, 7) is -0.591. The van der Waals surface area contributed by atoms with Crippen molar-refractivity contribution < 1.29 is 43.8 Å². The highest BCUT2D eigenvalue weighted by Gasteiger charge is 2.45. The summed E-state index contributed by atoms with van der Waals surface area (Å²) in [6.07, 6.45) is -7.36. The van der Waals surface area contributed by atoms with Gasteiger partial charge < -0.3 is 43.8 Å². The van der Waals surface area contributed by atoms with Gasteiger partial charge in [0.2, 0.25) is 13.1 Å². The lowest BCUT2D eigenvalue weighted by atomic mass is 9.99. The molecule has 31 heavy (non-hydrogen) atoms. The van der Waals surface area contributed by atoms with Gasteiger partial charge in [-0.05, 0) is 24.3 Å². The number of hydrogen-bond acceptors (Lipinski definition) is 10. The fourth-order valence-electron chi connectivity index (χ4n) is 3.77. The summed E-state index contributed by atoms with van der Waals surface area (Å²) in [5.74, 6) is 0.872. The molecule has 0 amide bonds. The molecule has 10 nitrogen and oxygen atoms in total. The quantitative estimate of drug-likeness (QED) is 0.327. The van der Waals surface area contributed by atoms with Crippen molar-refractivity contribution in [2.45, 2.75) is 30.7 Å². The normalized spacial score (nSPS) is 27.7. The number of aliphatic hydroxyl groups excluding tert-OH is 4. The molecule has 3 aromatic rings. The summed E-state index contributed by atoms with van der Waals surface area (Å²) in [7, 11) is 0. The Kier molecular flexibility index (Phi) is 4.93. The third-order valence-electron chi connectivity index (χ3n) is 5.38. The molecular weight excluding hydrogens is 436 g/mol. The molecule has 2 aromatic carbocycles. The third kappa shape index (κ3) is 3.11. The van der Waals surface area contributed by atoms with Crippen LogP contribution in [0.2, 0.25) is 5.02 Å². The molecule has 0 radical (unpaired) electrons. The van der Waals surface area contributed by atoms with Gasteiger partial charge in [-0.3, -0.25) is 0 Å². The second-order valence-electron chi connectivity index (χ2n) is 7.18. The second-order valence-corrected chi connectivity index (χ2v) is 7.56.